The highest BCUT2D eigenvalue weighted by Crippen LogP contribution is 2.25. The van der Waals surface area contributed by atoms with Crippen molar-refractivity contribution in [3.63, 3.8) is 0 Å². The lowest BCUT2D eigenvalue weighted by molar-refractivity contribution is 0.411. The SMILES string of the molecule is CC(N)C1CCCCN1c1cnc2ccccc2n1. The molecule has 2 atom stereocenters. The van der Waals surface area contributed by atoms with Crippen molar-refractivity contribution < 1.29 is 0 Å². The Morgan fingerprint density at radius 1 is 1.26 bits per heavy atom. The molecule has 1 saturated heterocycles. The van der Waals surface area contributed by atoms with Gasteiger partial charge >= 0.3 is 0 Å². The maximum absolute atomic E-state index is 6.12. The second-order valence-corrected chi connectivity index (χ2v) is 5.33. The summed E-state index contributed by atoms with van der Waals surface area (Å²) < 4.78 is 0. The van der Waals surface area contributed by atoms with Crippen molar-refractivity contribution in [2.24, 2.45) is 5.73 Å². The molecule has 3 rings (SSSR count). The summed E-state index contributed by atoms with van der Waals surface area (Å²) in [4.78, 5) is 11.6. The third-order valence-electron chi connectivity index (χ3n) is 3.89. The van der Waals surface area contributed by atoms with Crippen molar-refractivity contribution in [3.8, 4) is 0 Å². The molecule has 0 radical (unpaired) electrons. The van der Waals surface area contributed by atoms with Crippen LogP contribution >= 0.6 is 0 Å². The Morgan fingerprint density at radius 2 is 2.05 bits per heavy atom. The lowest BCUT2D eigenvalue weighted by atomic mass is 9.97. The number of benzene rings is 1. The van der Waals surface area contributed by atoms with Crippen molar-refractivity contribution in [3.05, 3.63) is 30.5 Å². The van der Waals surface area contributed by atoms with E-state index in [-0.39, 0.29) is 6.04 Å². The van der Waals surface area contributed by atoms with Gasteiger partial charge in [0, 0.05) is 18.6 Å². The number of piperidine rings is 1. The van der Waals surface area contributed by atoms with E-state index in [1.54, 1.807) is 0 Å². The maximum atomic E-state index is 6.12. The number of aromatic nitrogens is 2. The molecule has 1 aliphatic heterocycles. The first-order valence-electron chi connectivity index (χ1n) is 7.00. The smallest absolute Gasteiger partial charge is 0.148 e. The Morgan fingerprint density at radius 3 is 2.84 bits per heavy atom. The van der Waals surface area contributed by atoms with E-state index in [9.17, 15) is 0 Å². The first kappa shape index (κ1) is 12.4. The van der Waals surface area contributed by atoms with E-state index in [1.807, 2.05) is 30.5 Å². The molecule has 2 heterocycles. The second kappa shape index (κ2) is 5.13. The zero-order valence-corrected chi connectivity index (χ0v) is 11.3. The fourth-order valence-corrected chi connectivity index (χ4v) is 2.87. The van der Waals surface area contributed by atoms with Gasteiger partial charge in [-0.15, -0.1) is 0 Å². The van der Waals surface area contributed by atoms with Gasteiger partial charge in [-0.05, 0) is 38.3 Å². The fourth-order valence-electron chi connectivity index (χ4n) is 2.87. The number of rotatable bonds is 2. The number of hydrogen-bond donors (Lipinski definition) is 1. The van der Waals surface area contributed by atoms with Crippen LogP contribution in [0.25, 0.3) is 11.0 Å². The minimum Gasteiger partial charge on any atom is -0.351 e. The third kappa shape index (κ3) is 2.40. The Hall–Kier alpha value is -1.68. The molecule has 2 N–H and O–H groups in total. The van der Waals surface area contributed by atoms with E-state index in [0.29, 0.717) is 6.04 Å². The summed E-state index contributed by atoms with van der Waals surface area (Å²) in [5.74, 6) is 0.959. The number of fused-ring (bicyclic) bond motifs is 1. The van der Waals surface area contributed by atoms with Gasteiger partial charge < -0.3 is 10.6 Å². The molecule has 0 aliphatic carbocycles. The van der Waals surface area contributed by atoms with Crippen LogP contribution in [0.3, 0.4) is 0 Å². The Bertz CT molecular complexity index is 567. The molecule has 0 spiro atoms. The molecule has 4 heteroatoms. The lowest BCUT2D eigenvalue weighted by Crippen LogP contribution is -2.49. The van der Waals surface area contributed by atoms with Crippen molar-refractivity contribution in [2.45, 2.75) is 38.3 Å². The minimum atomic E-state index is 0.161. The second-order valence-electron chi connectivity index (χ2n) is 5.33. The normalized spacial score (nSPS) is 21.6. The summed E-state index contributed by atoms with van der Waals surface area (Å²) in [6.07, 6.45) is 5.48. The maximum Gasteiger partial charge on any atom is 0.148 e. The van der Waals surface area contributed by atoms with E-state index >= 15 is 0 Å². The molecule has 1 fully saturated rings. The van der Waals surface area contributed by atoms with Crippen LogP contribution in [0.4, 0.5) is 5.82 Å². The predicted octanol–water partition coefficient (Wildman–Crippen LogP) is 2.34. The molecule has 1 aromatic heterocycles. The Kier molecular flexibility index (Phi) is 3.34. The highest BCUT2D eigenvalue weighted by Gasteiger charge is 2.26. The molecule has 4 nitrogen and oxygen atoms in total. The number of nitrogens with two attached hydrogens (primary N) is 1. The van der Waals surface area contributed by atoms with Crippen LogP contribution in [0.2, 0.25) is 0 Å². The largest absolute Gasteiger partial charge is 0.351 e. The van der Waals surface area contributed by atoms with Crippen LogP contribution < -0.4 is 10.6 Å². The number of para-hydroxylation sites is 2. The topological polar surface area (TPSA) is 55.0 Å². The number of hydrogen-bond acceptors (Lipinski definition) is 4. The third-order valence-corrected chi connectivity index (χ3v) is 3.89. The average molecular weight is 256 g/mol. The van der Waals surface area contributed by atoms with Gasteiger partial charge in [-0.3, -0.25) is 4.98 Å². The lowest BCUT2D eigenvalue weighted by Gasteiger charge is -2.38. The molecule has 1 aromatic carbocycles. The molecule has 0 bridgehead atoms. The van der Waals surface area contributed by atoms with Crippen LogP contribution in [0, 0.1) is 0 Å². The zero-order chi connectivity index (χ0) is 13.2. The monoisotopic (exact) mass is 256 g/mol. The highest BCUT2D eigenvalue weighted by molar-refractivity contribution is 5.75. The molecule has 2 unspecified atom stereocenters. The van der Waals surface area contributed by atoms with E-state index in [1.165, 1.54) is 12.8 Å². The summed E-state index contributed by atoms with van der Waals surface area (Å²) in [6.45, 7) is 3.11. The van der Waals surface area contributed by atoms with Gasteiger partial charge in [0.1, 0.15) is 5.82 Å². The predicted molar refractivity (Wildman–Crippen MR) is 78.2 cm³/mol. The molecular weight excluding hydrogens is 236 g/mol. The summed E-state index contributed by atoms with van der Waals surface area (Å²) in [7, 11) is 0. The van der Waals surface area contributed by atoms with Gasteiger partial charge in [0.25, 0.3) is 0 Å². The van der Waals surface area contributed by atoms with Crippen LogP contribution in [-0.2, 0) is 0 Å². The molecule has 2 aromatic rings. The van der Waals surface area contributed by atoms with Crippen molar-refractivity contribution >= 4 is 16.9 Å². The van der Waals surface area contributed by atoms with Crippen molar-refractivity contribution in [1.82, 2.24) is 9.97 Å². The summed E-state index contributed by atoms with van der Waals surface area (Å²) >= 11 is 0. The Labute approximate surface area is 113 Å². The molecule has 100 valence electrons. The summed E-state index contributed by atoms with van der Waals surface area (Å²) in [6, 6.07) is 8.53. The van der Waals surface area contributed by atoms with Crippen LogP contribution in [0.15, 0.2) is 30.5 Å². The highest BCUT2D eigenvalue weighted by atomic mass is 15.2. The van der Waals surface area contributed by atoms with Gasteiger partial charge in [0.2, 0.25) is 0 Å². The average Bonchev–Trinajstić information content (AvgIpc) is 2.46. The van der Waals surface area contributed by atoms with Crippen LogP contribution in [0.5, 0.6) is 0 Å². The van der Waals surface area contributed by atoms with Crippen molar-refractivity contribution in [2.75, 3.05) is 11.4 Å². The standard InChI is InChI=1S/C15H20N4/c1-11(16)14-8-4-5-9-19(14)15-10-17-12-6-2-3-7-13(12)18-15/h2-3,6-7,10-11,14H,4-5,8-9,16H2,1H3. The van der Waals surface area contributed by atoms with Crippen LogP contribution in [0.1, 0.15) is 26.2 Å². The van der Waals surface area contributed by atoms with Crippen LogP contribution in [-0.4, -0.2) is 28.6 Å². The van der Waals surface area contributed by atoms with Gasteiger partial charge in [-0.2, -0.15) is 0 Å². The van der Waals surface area contributed by atoms with Crippen molar-refractivity contribution in [1.29, 1.82) is 0 Å². The number of anilines is 1. The quantitative estimate of drug-likeness (QED) is 0.896. The van der Waals surface area contributed by atoms with Gasteiger partial charge in [-0.1, -0.05) is 12.1 Å². The van der Waals surface area contributed by atoms with Gasteiger partial charge in [0.15, 0.2) is 0 Å². The first-order valence-corrected chi connectivity index (χ1v) is 7.00. The van der Waals surface area contributed by atoms with E-state index < -0.39 is 0 Å². The fraction of sp³-hybridized carbons (Fsp3) is 0.467. The number of nitrogens with zero attached hydrogens (tertiary/aromatic N) is 3. The molecule has 19 heavy (non-hydrogen) atoms. The first-order chi connectivity index (χ1) is 9.25. The molecule has 0 saturated carbocycles. The minimum absolute atomic E-state index is 0.161. The summed E-state index contributed by atoms with van der Waals surface area (Å²) in [5, 5.41) is 0. The van der Waals surface area contributed by atoms with E-state index in [0.717, 1.165) is 29.8 Å². The molecular formula is C15H20N4. The zero-order valence-electron chi connectivity index (χ0n) is 11.3. The van der Waals surface area contributed by atoms with Gasteiger partial charge in [0.05, 0.1) is 17.2 Å². The van der Waals surface area contributed by atoms with E-state index in [2.05, 4.69) is 16.8 Å². The van der Waals surface area contributed by atoms with Gasteiger partial charge in [-0.25, -0.2) is 4.98 Å². The molecule has 1 aliphatic rings. The van der Waals surface area contributed by atoms with E-state index in [4.69, 9.17) is 10.7 Å². The summed E-state index contributed by atoms with van der Waals surface area (Å²) in [5.41, 5.74) is 8.02. The Balaban J connectivity index is 1.97. The molecule has 0 amide bonds.